The van der Waals surface area contributed by atoms with Gasteiger partial charge in [0.15, 0.2) is 5.52 Å². The zero-order valence-corrected chi connectivity index (χ0v) is 16.2. The van der Waals surface area contributed by atoms with Gasteiger partial charge >= 0.3 is 5.69 Å². The Hall–Kier alpha value is -4.19. The van der Waals surface area contributed by atoms with Crippen LogP contribution in [0.2, 0.25) is 0 Å². The molecule has 5 aromatic rings. The lowest BCUT2D eigenvalue weighted by molar-refractivity contribution is 0.863. The number of nitrogens with one attached hydrogen (secondary N) is 1. The molecule has 6 heteroatoms. The summed E-state index contributed by atoms with van der Waals surface area (Å²) in [5.74, 6) is 0. The molecular formula is C24H18N4O2. The first-order valence-corrected chi connectivity index (χ1v) is 9.60. The van der Waals surface area contributed by atoms with Crippen LogP contribution in [-0.4, -0.2) is 19.3 Å². The quantitative estimate of drug-likeness (QED) is 0.505. The Morgan fingerprint density at radius 3 is 2.13 bits per heavy atom. The van der Waals surface area contributed by atoms with Crippen LogP contribution >= 0.6 is 0 Å². The molecule has 0 unspecified atom stereocenters. The van der Waals surface area contributed by atoms with Crippen molar-refractivity contribution < 1.29 is 0 Å². The van der Waals surface area contributed by atoms with Gasteiger partial charge in [0.1, 0.15) is 11.2 Å². The minimum atomic E-state index is -0.494. The van der Waals surface area contributed by atoms with Crippen LogP contribution in [0.3, 0.4) is 0 Å². The van der Waals surface area contributed by atoms with Crippen LogP contribution in [0.1, 0.15) is 5.56 Å². The molecule has 0 atom stereocenters. The fourth-order valence-electron chi connectivity index (χ4n) is 3.68. The van der Waals surface area contributed by atoms with E-state index in [0.717, 1.165) is 16.8 Å². The van der Waals surface area contributed by atoms with Crippen molar-refractivity contribution in [2.24, 2.45) is 0 Å². The average Bonchev–Trinajstić information content (AvgIpc) is 3.16. The van der Waals surface area contributed by atoms with E-state index in [1.165, 1.54) is 4.57 Å². The van der Waals surface area contributed by atoms with Crippen molar-refractivity contribution >= 4 is 11.0 Å². The molecule has 0 fully saturated rings. The van der Waals surface area contributed by atoms with Crippen LogP contribution in [0.5, 0.6) is 0 Å². The summed E-state index contributed by atoms with van der Waals surface area (Å²) >= 11 is 0. The van der Waals surface area contributed by atoms with Gasteiger partial charge in [0.25, 0.3) is 5.56 Å². The SMILES string of the molecule is Cc1ccccc1-n1c(=O)[nH]c2c(-c3ccccc3)nn(-c3ccccc3)c2c1=O. The zero-order valence-electron chi connectivity index (χ0n) is 16.2. The molecule has 5 rings (SSSR count). The molecule has 0 radical (unpaired) electrons. The number of hydrogen-bond donors (Lipinski definition) is 1. The first-order valence-electron chi connectivity index (χ1n) is 9.60. The molecule has 30 heavy (non-hydrogen) atoms. The highest BCUT2D eigenvalue weighted by atomic mass is 16.2. The highest BCUT2D eigenvalue weighted by Gasteiger charge is 2.21. The zero-order chi connectivity index (χ0) is 20.7. The van der Waals surface area contributed by atoms with E-state index >= 15 is 0 Å². The second kappa shape index (κ2) is 7.00. The Bertz CT molecular complexity index is 1480. The topological polar surface area (TPSA) is 72.7 Å². The Labute approximate surface area is 171 Å². The molecule has 0 aliphatic carbocycles. The fourth-order valence-corrected chi connectivity index (χ4v) is 3.68. The normalized spacial score (nSPS) is 11.1. The molecule has 0 bridgehead atoms. The number of fused-ring (bicyclic) bond motifs is 1. The third-order valence-electron chi connectivity index (χ3n) is 5.13. The van der Waals surface area contributed by atoms with E-state index in [2.05, 4.69) is 4.98 Å². The van der Waals surface area contributed by atoms with Crippen molar-refractivity contribution in [3.8, 4) is 22.6 Å². The van der Waals surface area contributed by atoms with E-state index in [9.17, 15) is 9.59 Å². The number of aromatic amines is 1. The van der Waals surface area contributed by atoms with E-state index in [4.69, 9.17) is 5.10 Å². The smallest absolute Gasteiger partial charge is 0.303 e. The van der Waals surface area contributed by atoms with Gasteiger partial charge < -0.3 is 4.98 Å². The number of para-hydroxylation sites is 2. The van der Waals surface area contributed by atoms with E-state index < -0.39 is 11.2 Å². The summed E-state index contributed by atoms with van der Waals surface area (Å²) in [4.78, 5) is 29.5. The van der Waals surface area contributed by atoms with Gasteiger partial charge in [-0.1, -0.05) is 66.7 Å². The van der Waals surface area contributed by atoms with Gasteiger partial charge in [0.05, 0.1) is 11.4 Å². The minimum Gasteiger partial charge on any atom is -0.303 e. The largest absolute Gasteiger partial charge is 0.333 e. The van der Waals surface area contributed by atoms with Gasteiger partial charge in [-0.05, 0) is 30.7 Å². The molecule has 1 N–H and O–H groups in total. The Balaban J connectivity index is 1.92. The van der Waals surface area contributed by atoms with Crippen LogP contribution in [0.15, 0.2) is 94.5 Å². The Morgan fingerprint density at radius 1 is 0.800 bits per heavy atom. The molecule has 6 nitrogen and oxygen atoms in total. The number of aromatic nitrogens is 4. The lowest BCUT2D eigenvalue weighted by Gasteiger charge is -2.09. The Morgan fingerprint density at radius 2 is 1.43 bits per heavy atom. The summed E-state index contributed by atoms with van der Waals surface area (Å²) < 4.78 is 2.78. The summed E-state index contributed by atoms with van der Waals surface area (Å²) in [7, 11) is 0. The molecule has 0 amide bonds. The van der Waals surface area contributed by atoms with Crippen LogP contribution < -0.4 is 11.2 Å². The van der Waals surface area contributed by atoms with Crippen molar-refractivity contribution in [3.05, 3.63) is 111 Å². The molecule has 0 aliphatic heterocycles. The van der Waals surface area contributed by atoms with E-state index in [1.54, 1.807) is 10.7 Å². The van der Waals surface area contributed by atoms with Gasteiger partial charge in [0.2, 0.25) is 0 Å². The Kier molecular flexibility index (Phi) is 4.17. The summed E-state index contributed by atoms with van der Waals surface area (Å²) in [5.41, 5.74) is 3.33. The van der Waals surface area contributed by atoms with Crippen molar-refractivity contribution in [1.29, 1.82) is 0 Å². The maximum absolute atomic E-state index is 13.6. The minimum absolute atomic E-state index is 0.322. The van der Waals surface area contributed by atoms with Crippen LogP contribution in [0.25, 0.3) is 33.7 Å². The number of H-pyrrole nitrogens is 1. The number of hydrogen-bond acceptors (Lipinski definition) is 3. The summed E-state index contributed by atoms with van der Waals surface area (Å²) in [6.45, 7) is 1.87. The van der Waals surface area contributed by atoms with E-state index in [1.807, 2.05) is 85.8 Å². The molecule has 3 aromatic carbocycles. The molecule has 0 saturated heterocycles. The van der Waals surface area contributed by atoms with Crippen molar-refractivity contribution in [2.45, 2.75) is 6.92 Å². The molecule has 0 spiro atoms. The standard InChI is InChI=1S/C24H18N4O2/c1-16-10-8-9-15-19(16)27-23(29)22-21(25-24(27)30)20(17-11-4-2-5-12-17)26-28(22)18-13-6-3-7-14-18/h2-15H,1H3,(H,25,30). The molecule has 0 aliphatic rings. The van der Waals surface area contributed by atoms with Crippen molar-refractivity contribution in [1.82, 2.24) is 19.3 Å². The molecule has 2 heterocycles. The van der Waals surface area contributed by atoms with Gasteiger partial charge in [-0.2, -0.15) is 5.10 Å². The number of benzene rings is 3. The van der Waals surface area contributed by atoms with Crippen molar-refractivity contribution in [3.63, 3.8) is 0 Å². The fraction of sp³-hybridized carbons (Fsp3) is 0.0417. The van der Waals surface area contributed by atoms with Gasteiger partial charge in [-0.25, -0.2) is 14.0 Å². The second-order valence-corrected chi connectivity index (χ2v) is 7.04. The first kappa shape index (κ1) is 17.9. The first-order chi connectivity index (χ1) is 14.6. The highest BCUT2D eigenvalue weighted by Crippen LogP contribution is 2.26. The molecule has 146 valence electrons. The van der Waals surface area contributed by atoms with Gasteiger partial charge in [-0.3, -0.25) is 4.79 Å². The molecule has 2 aromatic heterocycles. The summed E-state index contributed by atoms with van der Waals surface area (Å²) in [5, 5.41) is 4.72. The second-order valence-electron chi connectivity index (χ2n) is 7.04. The van der Waals surface area contributed by atoms with Gasteiger partial charge in [0, 0.05) is 5.56 Å². The summed E-state index contributed by atoms with van der Waals surface area (Å²) in [6, 6.07) is 26.3. The average molecular weight is 394 g/mol. The number of nitrogens with zero attached hydrogens (tertiary/aromatic N) is 3. The third kappa shape index (κ3) is 2.78. The van der Waals surface area contributed by atoms with Gasteiger partial charge in [-0.15, -0.1) is 0 Å². The van der Waals surface area contributed by atoms with E-state index in [0.29, 0.717) is 22.4 Å². The summed E-state index contributed by atoms with van der Waals surface area (Å²) in [6.07, 6.45) is 0. The van der Waals surface area contributed by atoms with Crippen molar-refractivity contribution in [2.75, 3.05) is 0 Å². The highest BCUT2D eigenvalue weighted by molar-refractivity contribution is 5.90. The molecule has 0 saturated carbocycles. The lowest BCUT2D eigenvalue weighted by Crippen LogP contribution is -2.34. The third-order valence-corrected chi connectivity index (χ3v) is 5.13. The predicted molar refractivity (Wildman–Crippen MR) is 117 cm³/mol. The van der Waals surface area contributed by atoms with Crippen LogP contribution in [0, 0.1) is 6.92 Å². The number of aryl methyl sites for hydroxylation is 1. The van der Waals surface area contributed by atoms with Crippen LogP contribution in [0.4, 0.5) is 0 Å². The predicted octanol–water partition coefficient (Wildman–Crippen LogP) is 3.84. The number of rotatable bonds is 3. The van der Waals surface area contributed by atoms with Crippen LogP contribution in [-0.2, 0) is 0 Å². The monoisotopic (exact) mass is 394 g/mol. The maximum Gasteiger partial charge on any atom is 0.333 e. The lowest BCUT2D eigenvalue weighted by atomic mass is 10.1. The molecular weight excluding hydrogens is 376 g/mol. The maximum atomic E-state index is 13.6. The van der Waals surface area contributed by atoms with E-state index in [-0.39, 0.29) is 0 Å².